The fraction of sp³-hybridized carbons (Fsp3) is 0.533. The van der Waals surface area contributed by atoms with E-state index in [0.29, 0.717) is 0 Å². The third kappa shape index (κ3) is 12.7. The highest BCUT2D eigenvalue weighted by Gasteiger charge is 2.13. The van der Waals surface area contributed by atoms with Crippen LogP contribution >= 0.6 is 0 Å². The third-order valence-electron chi connectivity index (χ3n) is 5.49. The summed E-state index contributed by atoms with van der Waals surface area (Å²) < 4.78 is 0. The van der Waals surface area contributed by atoms with Crippen molar-refractivity contribution in [2.75, 3.05) is 0 Å². The van der Waals surface area contributed by atoms with Crippen molar-refractivity contribution in [3.05, 3.63) is 83.5 Å². The molecule has 0 bridgehead atoms. The van der Waals surface area contributed by atoms with Crippen molar-refractivity contribution in [1.82, 2.24) is 0 Å². The normalized spacial score (nSPS) is 18.7. The number of hydrogen-bond donors (Lipinski definition) is 0. The Bertz CT molecular complexity index is 646. The molecule has 168 valence electrons. The van der Waals surface area contributed by atoms with E-state index in [0.717, 1.165) is 35.8 Å². The molecule has 0 amide bonds. The zero-order valence-electron chi connectivity index (χ0n) is 21.1. The fourth-order valence-electron chi connectivity index (χ4n) is 3.86. The Morgan fingerprint density at radius 2 is 1.50 bits per heavy atom. The zero-order valence-corrected chi connectivity index (χ0v) is 21.1. The molecule has 0 heterocycles. The lowest BCUT2D eigenvalue weighted by atomic mass is 9.84. The van der Waals surface area contributed by atoms with Gasteiger partial charge in [-0.3, -0.25) is 0 Å². The Balaban J connectivity index is 0.000000696. The Morgan fingerprint density at radius 1 is 0.967 bits per heavy atom. The maximum absolute atomic E-state index is 4.13. The molecule has 0 heteroatoms. The van der Waals surface area contributed by atoms with Crippen LogP contribution in [-0.4, -0.2) is 0 Å². The average Bonchev–Trinajstić information content (AvgIpc) is 2.72. The van der Waals surface area contributed by atoms with E-state index in [4.69, 9.17) is 0 Å². The molecule has 0 radical (unpaired) electrons. The van der Waals surface area contributed by atoms with Crippen LogP contribution in [0.1, 0.15) is 91.7 Å². The zero-order chi connectivity index (χ0) is 22.9. The lowest BCUT2D eigenvalue weighted by Crippen LogP contribution is -2.09. The van der Waals surface area contributed by atoms with E-state index in [1.54, 1.807) is 0 Å². The summed E-state index contributed by atoms with van der Waals surface area (Å²) in [7, 11) is 0. The van der Waals surface area contributed by atoms with E-state index in [1.807, 2.05) is 27.7 Å². The molecule has 0 aliphatic heterocycles. The predicted octanol–water partition coefficient (Wildman–Crippen LogP) is 9.68. The maximum Gasteiger partial charge on any atom is -0.00316 e. The van der Waals surface area contributed by atoms with Crippen molar-refractivity contribution in [2.24, 2.45) is 11.8 Å². The standard InChI is InChI=1S/C20H26.C8H16.C2H6/c1-6-8-18-10-12-19(13-11-18)15-17(5)9-14-20(7-2)16(3)4;1-7-4-3-5-8(2)6-7;1-2/h7,9-14H,3,5-6,8,15H2,1-2,4H3;7-8H,3-6H2,1-2H3;1-2H3/b14-9-,20-7+;;. The van der Waals surface area contributed by atoms with Gasteiger partial charge in [0.2, 0.25) is 0 Å². The summed E-state index contributed by atoms with van der Waals surface area (Å²) in [6, 6.07) is 8.86. The molecule has 1 aromatic carbocycles. The molecule has 2 rings (SSSR count). The Hall–Kier alpha value is -1.82. The van der Waals surface area contributed by atoms with Gasteiger partial charge >= 0.3 is 0 Å². The minimum atomic E-state index is 0.899. The smallest absolute Gasteiger partial charge is 0.00316 e. The third-order valence-corrected chi connectivity index (χ3v) is 5.49. The van der Waals surface area contributed by atoms with Crippen LogP contribution in [0.2, 0.25) is 0 Å². The first-order chi connectivity index (χ1) is 14.3. The Labute approximate surface area is 188 Å². The van der Waals surface area contributed by atoms with E-state index >= 15 is 0 Å². The highest BCUT2D eigenvalue weighted by molar-refractivity contribution is 5.39. The molecule has 30 heavy (non-hydrogen) atoms. The average molecular weight is 409 g/mol. The molecular weight excluding hydrogens is 360 g/mol. The van der Waals surface area contributed by atoms with Crippen LogP contribution < -0.4 is 0 Å². The van der Waals surface area contributed by atoms with Crippen LogP contribution in [0.5, 0.6) is 0 Å². The largest absolute Gasteiger partial charge is 0.0955 e. The quantitative estimate of drug-likeness (QED) is 0.394. The van der Waals surface area contributed by atoms with E-state index in [1.165, 1.54) is 48.8 Å². The number of rotatable bonds is 7. The van der Waals surface area contributed by atoms with E-state index < -0.39 is 0 Å². The van der Waals surface area contributed by atoms with Crippen LogP contribution in [0.3, 0.4) is 0 Å². The lowest BCUT2D eigenvalue weighted by Gasteiger charge is -2.22. The summed E-state index contributed by atoms with van der Waals surface area (Å²) >= 11 is 0. The summed E-state index contributed by atoms with van der Waals surface area (Å²) in [5.41, 5.74) is 6.10. The minimum Gasteiger partial charge on any atom is -0.0955 e. The molecular formula is C30H48. The molecule has 0 spiro atoms. The van der Waals surface area contributed by atoms with Crippen LogP contribution in [0.4, 0.5) is 0 Å². The number of hydrogen-bond acceptors (Lipinski definition) is 0. The molecule has 0 aromatic heterocycles. The molecule has 2 atom stereocenters. The highest BCUT2D eigenvalue weighted by atomic mass is 14.2. The second-order valence-corrected chi connectivity index (χ2v) is 8.64. The van der Waals surface area contributed by atoms with Crippen molar-refractivity contribution in [3.8, 4) is 0 Å². The van der Waals surface area contributed by atoms with E-state index in [9.17, 15) is 0 Å². The van der Waals surface area contributed by atoms with Gasteiger partial charge in [-0.25, -0.2) is 0 Å². The minimum absolute atomic E-state index is 0.899. The maximum atomic E-state index is 4.13. The first-order valence-corrected chi connectivity index (χ1v) is 12.1. The molecule has 1 aromatic rings. The molecule has 2 unspecified atom stereocenters. The van der Waals surface area contributed by atoms with Crippen LogP contribution in [-0.2, 0) is 12.8 Å². The molecule has 0 saturated heterocycles. The van der Waals surface area contributed by atoms with Crippen molar-refractivity contribution >= 4 is 0 Å². The summed E-state index contributed by atoms with van der Waals surface area (Å²) in [6.45, 7) is 23.1. The lowest BCUT2D eigenvalue weighted by molar-refractivity contribution is 0.301. The van der Waals surface area contributed by atoms with E-state index in [2.05, 4.69) is 76.4 Å². The summed E-state index contributed by atoms with van der Waals surface area (Å²) in [4.78, 5) is 0. The monoisotopic (exact) mass is 408 g/mol. The van der Waals surface area contributed by atoms with Gasteiger partial charge in [0, 0.05) is 0 Å². The molecule has 1 aliphatic rings. The predicted molar refractivity (Wildman–Crippen MR) is 139 cm³/mol. The van der Waals surface area contributed by atoms with Crippen molar-refractivity contribution < 1.29 is 0 Å². The topological polar surface area (TPSA) is 0 Å². The Morgan fingerprint density at radius 3 is 1.90 bits per heavy atom. The molecule has 1 saturated carbocycles. The molecule has 0 nitrogen and oxygen atoms in total. The van der Waals surface area contributed by atoms with Gasteiger partial charge < -0.3 is 0 Å². The van der Waals surface area contributed by atoms with Crippen molar-refractivity contribution in [3.63, 3.8) is 0 Å². The first-order valence-electron chi connectivity index (χ1n) is 12.1. The van der Waals surface area contributed by atoms with Gasteiger partial charge in [0.25, 0.3) is 0 Å². The SMILES string of the molecule is C=C(/C=C\C(=C/C)C(=C)C)Cc1ccc(CCC)cc1.CC.CC1CCCC(C)C1. The summed E-state index contributed by atoms with van der Waals surface area (Å²) in [5.74, 6) is 2.03. The first kappa shape index (κ1) is 28.2. The van der Waals surface area contributed by atoms with Crippen molar-refractivity contribution in [2.45, 2.75) is 93.4 Å². The van der Waals surface area contributed by atoms with Gasteiger partial charge in [0.1, 0.15) is 0 Å². The number of allylic oxidation sites excluding steroid dienone is 6. The second-order valence-electron chi connectivity index (χ2n) is 8.64. The molecule has 0 N–H and O–H groups in total. The van der Waals surface area contributed by atoms with Gasteiger partial charge in [-0.2, -0.15) is 0 Å². The Kier molecular flexibility index (Phi) is 15.9. The fourth-order valence-corrected chi connectivity index (χ4v) is 3.86. The molecule has 1 aliphatic carbocycles. The van der Waals surface area contributed by atoms with Gasteiger partial charge in [-0.15, -0.1) is 0 Å². The number of aryl methyl sites for hydroxylation is 1. The molecule has 1 fully saturated rings. The highest BCUT2D eigenvalue weighted by Crippen LogP contribution is 2.27. The van der Waals surface area contributed by atoms with Gasteiger partial charge in [0.15, 0.2) is 0 Å². The van der Waals surface area contributed by atoms with E-state index in [-0.39, 0.29) is 0 Å². The van der Waals surface area contributed by atoms with Gasteiger partial charge in [0.05, 0.1) is 0 Å². The van der Waals surface area contributed by atoms with Crippen LogP contribution in [0.25, 0.3) is 0 Å². The second kappa shape index (κ2) is 16.9. The number of benzene rings is 1. The van der Waals surface area contributed by atoms with Crippen LogP contribution in [0.15, 0.2) is 72.4 Å². The van der Waals surface area contributed by atoms with Gasteiger partial charge in [-0.1, -0.05) is 127 Å². The van der Waals surface area contributed by atoms with Crippen molar-refractivity contribution in [1.29, 1.82) is 0 Å². The summed E-state index contributed by atoms with van der Waals surface area (Å²) in [6.07, 6.45) is 15.4. The summed E-state index contributed by atoms with van der Waals surface area (Å²) in [5, 5.41) is 0. The van der Waals surface area contributed by atoms with Crippen LogP contribution in [0, 0.1) is 11.8 Å². The van der Waals surface area contributed by atoms with Gasteiger partial charge in [-0.05, 0) is 61.6 Å².